The molecule has 6 aromatic carbocycles. The molecule has 2 saturated heterocycles. The molecule has 4 bridgehead atoms. The first-order valence-corrected chi connectivity index (χ1v) is 31.5. The van der Waals surface area contributed by atoms with Crippen LogP contribution in [0.4, 0.5) is 45.9 Å². The van der Waals surface area contributed by atoms with E-state index in [0.717, 1.165) is 52.3 Å². The number of carbonyl (C=O) groups is 3. The lowest BCUT2D eigenvalue weighted by Gasteiger charge is -2.32. The fraction of sp³-hybridized carbons (Fsp3) is 0.358. The molecule has 17 nitrogen and oxygen atoms in total. The van der Waals surface area contributed by atoms with Gasteiger partial charge in [-0.25, -0.2) is 23.2 Å². The number of likely N-dealkylation sites (tertiary alicyclic amines) is 2. The molecule has 7 aliphatic rings. The van der Waals surface area contributed by atoms with Crippen LogP contribution in [-0.2, 0) is 14.2 Å². The Morgan fingerprint density at radius 1 is 0.568 bits per heavy atom. The second-order valence-electron chi connectivity index (χ2n) is 22.3. The van der Waals surface area contributed by atoms with Crippen molar-refractivity contribution in [3.8, 4) is 23.0 Å². The van der Waals surface area contributed by atoms with E-state index in [0.29, 0.717) is 135 Å². The summed E-state index contributed by atoms with van der Waals surface area (Å²) in [5.74, 6) is 1.90. The largest absolute Gasteiger partial charge is 0.493 e. The van der Waals surface area contributed by atoms with Crippen LogP contribution in [0.3, 0.4) is 0 Å². The summed E-state index contributed by atoms with van der Waals surface area (Å²) < 4.78 is 72.2. The summed E-state index contributed by atoms with van der Waals surface area (Å²) in [6, 6.07) is 28.9. The summed E-state index contributed by atoms with van der Waals surface area (Å²) in [7, 11) is 3.18. The number of anilines is 4. The van der Waals surface area contributed by atoms with Crippen molar-refractivity contribution in [3.05, 3.63) is 164 Å². The Labute approximate surface area is 527 Å². The lowest BCUT2D eigenvalue weighted by Crippen LogP contribution is -2.42. The van der Waals surface area contributed by atoms with Crippen LogP contribution >= 0.6 is 31.9 Å². The Balaban J connectivity index is 0.618. The molecule has 0 radical (unpaired) electrons. The Morgan fingerprint density at radius 2 is 1.05 bits per heavy atom. The predicted octanol–water partition coefficient (Wildman–Crippen LogP) is 13.9. The van der Waals surface area contributed by atoms with E-state index in [9.17, 15) is 23.2 Å². The van der Waals surface area contributed by atoms with Crippen molar-refractivity contribution in [2.24, 2.45) is 11.8 Å². The Morgan fingerprint density at radius 3 is 1.51 bits per heavy atom. The van der Waals surface area contributed by atoms with Gasteiger partial charge in [0.15, 0.2) is 23.0 Å². The zero-order valence-electron chi connectivity index (χ0n) is 49.2. The highest BCUT2D eigenvalue weighted by Gasteiger charge is 2.40. The van der Waals surface area contributed by atoms with Gasteiger partial charge in [0, 0.05) is 101 Å². The standard InChI is InChI=1S/C67H71Br2F2N7O10/c1-82-60-38-50-44(7-5-9-55(50)74-57-15-11-46(68)35-53(57)70)33-62(60)87-40-42-17-23-77(24-18-42)66(80)85-31-28-76(27-30-84-65(79)73-22-4-3-21-72-59-37-52-48-13-14-49(52)64(48)59)29-32-86-67(81)78-25-19-43(20-26-78)41-88-63-34-45-8-6-10-56(51(45)39-61(63)83-2)75-58-16-12-47(69)36-54(58)71/h5-16,33-39,42-43,72,74-75H,3-4,17-32,40-41H2,1-2H3,(H,73,79). The molecule has 13 rings (SSSR count). The topological polar surface area (TPSA) is 174 Å². The summed E-state index contributed by atoms with van der Waals surface area (Å²) in [5.41, 5.74) is 8.67. The van der Waals surface area contributed by atoms with Crippen molar-refractivity contribution in [1.82, 2.24) is 25.3 Å². The molecule has 0 aromatic heterocycles. The van der Waals surface area contributed by atoms with Crippen molar-refractivity contribution in [2.45, 2.75) is 38.5 Å². The second-order valence-corrected chi connectivity index (χ2v) is 24.1. The number of piperidine rings is 2. The van der Waals surface area contributed by atoms with Gasteiger partial charge in [-0.3, -0.25) is 4.90 Å². The molecule has 88 heavy (non-hydrogen) atoms. The normalized spacial score (nSPS) is 15.4. The van der Waals surface area contributed by atoms with Gasteiger partial charge in [-0.15, -0.1) is 0 Å². The molecular formula is C67H71Br2F2N7O10. The summed E-state index contributed by atoms with van der Waals surface area (Å²) >= 11 is 6.63. The quantitative estimate of drug-likeness (QED) is 0.0283. The number of ether oxygens (including phenoxy) is 7. The molecule has 0 unspecified atom stereocenters. The molecule has 2 aliphatic heterocycles. The van der Waals surface area contributed by atoms with Gasteiger partial charge in [0.05, 0.1) is 38.8 Å². The van der Waals surface area contributed by atoms with Crippen LogP contribution < -0.4 is 40.2 Å². The molecule has 462 valence electrons. The maximum Gasteiger partial charge on any atom is 0.409 e. The van der Waals surface area contributed by atoms with Gasteiger partial charge in [-0.2, -0.15) is 0 Å². The van der Waals surface area contributed by atoms with E-state index in [1.165, 1.54) is 40.1 Å². The number of nitrogens with zero attached hydrogens (tertiary/aromatic N) is 3. The minimum absolute atomic E-state index is 0.0741. The van der Waals surface area contributed by atoms with Crippen LogP contribution in [0.1, 0.15) is 38.5 Å². The number of allylic oxidation sites excluding steroid dienone is 7. The van der Waals surface area contributed by atoms with E-state index in [1.807, 2.05) is 65.6 Å². The number of rotatable bonds is 27. The average molecular weight is 1330 g/mol. The van der Waals surface area contributed by atoms with Crippen molar-refractivity contribution in [3.63, 3.8) is 0 Å². The zero-order valence-corrected chi connectivity index (χ0v) is 52.4. The number of amides is 3. The van der Waals surface area contributed by atoms with E-state index in [2.05, 4.69) is 71.4 Å². The Hall–Kier alpha value is -8.01. The van der Waals surface area contributed by atoms with Gasteiger partial charge in [-0.05, 0) is 157 Å². The minimum Gasteiger partial charge on any atom is -0.493 e. The third-order valence-corrected chi connectivity index (χ3v) is 17.6. The summed E-state index contributed by atoms with van der Waals surface area (Å²) in [6.07, 6.45) is 9.71. The van der Waals surface area contributed by atoms with Crippen LogP contribution in [-0.4, -0.2) is 139 Å². The van der Waals surface area contributed by atoms with E-state index in [4.69, 9.17) is 33.2 Å². The molecule has 0 atom stereocenters. The van der Waals surface area contributed by atoms with Gasteiger partial charge in [-0.1, -0.05) is 68.3 Å². The Kier molecular flexibility index (Phi) is 20.2. The van der Waals surface area contributed by atoms with Gasteiger partial charge in [0.2, 0.25) is 0 Å². The van der Waals surface area contributed by atoms with Gasteiger partial charge >= 0.3 is 18.3 Å². The van der Waals surface area contributed by atoms with Crippen LogP contribution in [0.5, 0.6) is 23.0 Å². The highest BCUT2D eigenvalue weighted by Crippen LogP contribution is 2.55. The number of carbonyl (C=O) groups excluding carboxylic acids is 3. The van der Waals surface area contributed by atoms with Crippen LogP contribution in [0.2, 0.25) is 0 Å². The van der Waals surface area contributed by atoms with Crippen LogP contribution in [0.15, 0.2) is 152 Å². The highest BCUT2D eigenvalue weighted by molar-refractivity contribution is 9.10. The average Bonchev–Trinajstić information content (AvgIpc) is 1.56. The molecule has 21 heteroatoms. The fourth-order valence-corrected chi connectivity index (χ4v) is 12.3. The molecule has 2 heterocycles. The van der Waals surface area contributed by atoms with E-state index < -0.39 is 18.3 Å². The zero-order chi connectivity index (χ0) is 61.1. The molecule has 0 spiro atoms. The summed E-state index contributed by atoms with van der Waals surface area (Å²) in [4.78, 5) is 44.9. The number of hydrogen-bond acceptors (Lipinski definition) is 14. The third-order valence-electron chi connectivity index (χ3n) is 16.6. The second kappa shape index (κ2) is 28.9. The SMILES string of the molecule is COc1cc2c(Nc3ccc(Br)cc3F)cccc2cc1OCC1CCN(C(=O)OCCN(CCOC(=O)NCCCCNC2=C3C4=CC=C3C4=C2)CCOC(=O)N2CCC(COc3cc4cccc(Nc5ccc(Br)cc5F)c4cc3OC)CC2)CC1. The van der Waals surface area contributed by atoms with Crippen LogP contribution in [0, 0.1) is 23.5 Å². The lowest BCUT2D eigenvalue weighted by molar-refractivity contribution is 0.0560. The first kappa shape index (κ1) is 61.6. The molecule has 1 saturated carbocycles. The number of hydrogen-bond donors (Lipinski definition) is 4. The number of methoxy groups -OCH3 is 2. The van der Waals surface area contributed by atoms with Gasteiger partial charge in [0.1, 0.15) is 31.5 Å². The van der Waals surface area contributed by atoms with Crippen LogP contribution in [0.25, 0.3) is 21.5 Å². The highest BCUT2D eigenvalue weighted by atomic mass is 79.9. The number of nitrogens with one attached hydrogen (secondary N) is 4. The first-order chi connectivity index (χ1) is 42.9. The van der Waals surface area contributed by atoms with Gasteiger partial charge < -0.3 is 64.2 Å². The van der Waals surface area contributed by atoms with Crippen molar-refractivity contribution >= 4 is 94.4 Å². The summed E-state index contributed by atoms with van der Waals surface area (Å²) in [5, 5.41) is 16.3. The molecule has 6 aromatic rings. The smallest absolute Gasteiger partial charge is 0.409 e. The number of halogens is 4. The van der Waals surface area contributed by atoms with Crippen molar-refractivity contribution < 1.29 is 56.3 Å². The Bertz CT molecular complexity index is 3490. The fourth-order valence-electron chi connectivity index (χ4n) is 11.6. The monoisotopic (exact) mass is 1330 g/mol. The number of benzene rings is 6. The predicted molar refractivity (Wildman–Crippen MR) is 342 cm³/mol. The van der Waals surface area contributed by atoms with E-state index in [1.54, 1.807) is 48.3 Å². The maximum atomic E-state index is 14.7. The van der Waals surface area contributed by atoms with Gasteiger partial charge in [0.25, 0.3) is 0 Å². The molecule has 3 fully saturated rings. The third kappa shape index (κ3) is 14.9. The lowest BCUT2D eigenvalue weighted by atomic mass is 9.85. The van der Waals surface area contributed by atoms with Crippen molar-refractivity contribution in [1.29, 1.82) is 0 Å². The first-order valence-electron chi connectivity index (χ1n) is 29.9. The number of unbranched alkanes of at least 4 members (excludes halogenated alkanes) is 1. The number of alkyl carbamates (subject to hydrolysis) is 1. The molecule has 3 amide bonds. The molecular weight excluding hydrogens is 1260 g/mol. The summed E-state index contributed by atoms with van der Waals surface area (Å²) in [6.45, 7) is 5.31. The molecule has 4 N–H and O–H groups in total. The van der Waals surface area contributed by atoms with E-state index in [-0.39, 0.29) is 43.3 Å². The molecule has 5 aliphatic carbocycles. The maximum absolute atomic E-state index is 14.7. The minimum atomic E-state index is -0.514. The van der Waals surface area contributed by atoms with E-state index >= 15 is 0 Å². The number of fused-ring (bicyclic) bond motifs is 4. The van der Waals surface area contributed by atoms with Crippen molar-refractivity contribution in [2.75, 3.05) is 117 Å².